The Morgan fingerprint density at radius 3 is 2.74 bits per heavy atom. The topological polar surface area (TPSA) is 65.4 Å². The van der Waals surface area contributed by atoms with E-state index in [1.54, 1.807) is 0 Å². The highest BCUT2D eigenvalue weighted by molar-refractivity contribution is 5.81. The van der Waals surface area contributed by atoms with Gasteiger partial charge in [0.25, 0.3) is 0 Å². The Bertz CT molecular complexity index is 594. The number of hydrogen-bond donors (Lipinski definition) is 3. The molecule has 1 aliphatic carbocycles. The van der Waals surface area contributed by atoms with E-state index in [-0.39, 0.29) is 6.61 Å². The summed E-state index contributed by atoms with van der Waals surface area (Å²) in [6.07, 6.45) is 2.75. The maximum atomic E-state index is 10.1. The van der Waals surface area contributed by atoms with E-state index in [1.165, 1.54) is 0 Å². The molecule has 1 aromatic carbocycles. The minimum Gasteiger partial charge on any atom is -0.392 e. The summed E-state index contributed by atoms with van der Waals surface area (Å²) < 4.78 is 0. The Hall–Kier alpha value is -1.65. The molecule has 3 N–H and O–H groups in total. The van der Waals surface area contributed by atoms with Gasteiger partial charge in [0.15, 0.2) is 0 Å². The fourth-order valence-corrected chi connectivity index (χ4v) is 2.44. The zero-order valence-corrected chi connectivity index (χ0v) is 10.8. The van der Waals surface area contributed by atoms with Crippen LogP contribution in [0.3, 0.4) is 0 Å². The fourth-order valence-electron chi connectivity index (χ4n) is 2.44. The van der Waals surface area contributed by atoms with Gasteiger partial charge in [0.05, 0.1) is 17.7 Å². The smallest absolute Gasteiger partial charge is 0.132 e. The number of para-hydroxylation sites is 1. The molecule has 0 amide bonds. The Balaban J connectivity index is 1.88. The lowest BCUT2D eigenvalue weighted by Crippen LogP contribution is -2.43. The molecule has 4 nitrogen and oxygen atoms in total. The van der Waals surface area contributed by atoms with E-state index < -0.39 is 5.60 Å². The largest absolute Gasteiger partial charge is 0.392 e. The first kappa shape index (κ1) is 12.4. The number of anilines is 1. The Labute approximate surface area is 112 Å². The predicted molar refractivity (Wildman–Crippen MR) is 75.0 cm³/mol. The van der Waals surface area contributed by atoms with Crippen molar-refractivity contribution in [2.24, 2.45) is 0 Å². The second-order valence-corrected chi connectivity index (χ2v) is 5.28. The molecule has 0 unspecified atom stereocenters. The Morgan fingerprint density at radius 1 is 1.26 bits per heavy atom. The molecule has 0 atom stereocenters. The van der Waals surface area contributed by atoms with Crippen LogP contribution in [0.4, 0.5) is 5.82 Å². The number of fused-ring (bicyclic) bond motifs is 1. The van der Waals surface area contributed by atoms with Gasteiger partial charge in [0.1, 0.15) is 5.82 Å². The summed E-state index contributed by atoms with van der Waals surface area (Å²) in [6, 6.07) is 9.76. The number of rotatable bonds is 4. The Morgan fingerprint density at radius 2 is 2.05 bits per heavy atom. The van der Waals surface area contributed by atoms with E-state index >= 15 is 0 Å². The van der Waals surface area contributed by atoms with Crippen LogP contribution < -0.4 is 5.32 Å². The standard InChI is InChI=1S/C15H18N2O2/c18-9-12-8-11-4-1-2-5-13(11)17-14(12)16-10-15(19)6-3-7-15/h1-2,4-5,8,18-19H,3,6-7,9-10H2,(H,16,17). The second-order valence-electron chi connectivity index (χ2n) is 5.28. The molecule has 0 saturated heterocycles. The first-order valence-electron chi connectivity index (χ1n) is 6.66. The van der Waals surface area contributed by atoms with Crippen molar-refractivity contribution in [3.8, 4) is 0 Å². The maximum absolute atomic E-state index is 10.1. The van der Waals surface area contributed by atoms with Crippen LogP contribution in [0.25, 0.3) is 10.9 Å². The third-order valence-electron chi connectivity index (χ3n) is 3.84. The Kier molecular flexibility index (Phi) is 3.12. The number of aromatic nitrogens is 1. The molecule has 100 valence electrons. The molecular formula is C15H18N2O2. The van der Waals surface area contributed by atoms with Crippen LogP contribution in [-0.4, -0.2) is 27.3 Å². The number of aliphatic hydroxyl groups is 2. The van der Waals surface area contributed by atoms with Crippen molar-refractivity contribution < 1.29 is 10.2 Å². The van der Waals surface area contributed by atoms with Crippen molar-refractivity contribution in [1.29, 1.82) is 0 Å². The molecule has 2 aromatic rings. The van der Waals surface area contributed by atoms with Crippen molar-refractivity contribution in [2.45, 2.75) is 31.5 Å². The average Bonchev–Trinajstić information content (AvgIpc) is 2.42. The zero-order valence-electron chi connectivity index (χ0n) is 10.8. The predicted octanol–water partition coefficient (Wildman–Crippen LogP) is 2.05. The van der Waals surface area contributed by atoms with Gasteiger partial charge in [-0.05, 0) is 31.4 Å². The van der Waals surface area contributed by atoms with Gasteiger partial charge in [-0.15, -0.1) is 0 Å². The molecule has 1 heterocycles. The summed E-state index contributed by atoms with van der Waals surface area (Å²) >= 11 is 0. The van der Waals surface area contributed by atoms with Crippen molar-refractivity contribution in [3.05, 3.63) is 35.9 Å². The van der Waals surface area contributed by atoms with Crippen molar-refractivity contribution in [3.63, 3.8) is 0 Å². The van der Waals surface area contributed by atoms with E-state index in [9.17, 15) is 10.2 Å². The van der Waals surface area contributed by atoms with Gasteiger partial charge >= 0.3 is 0 Å². The lowest BCUT2D eigenvalue weighted by Gasteiger charge is -2.36. The summed E-state index contributed by atoms with van der Waals surface area (Å²) in [5.41, 5.74) is 1.06. The third kappa shape index (κ3) is 2.41. The molecule has 19 heavy (non-hydrogen) atoms. The lowest BCUT2D eigenvalue weighted by molar-refractivity contribution is -0.0202. The molecule has 1 aliphatic rings. The number of hydrogen-bond acceptors (Lipinski definition) is 4. The second kappa shape index (κ2) is 4.79. The van der Waals surface area contributed by atoms with Crippen LogP contribution in [0.1, 0.15) is 24.8 Å². The van der Waals surface area contributed by atoms with Gasteiger partial charge in [-0.2, -0.15) is 0 Å². The van der Waals surface area contributed by atoms with Gasteiger partial charge in [-0.25, -0.2) is 4.98 Å². The van der Waals surface area contributed by atoms with E-state index in [4.69, 9.17) is 0 Å². The number of pyridine rings is 1. The van der Waals surface area contributed by atoms with Gasteiger partial charge in [0, 0.05) is 17.5 Å². The van der Waals surface area contributed by atoms with E-state index in [2.05, 4.69) is 10.3 Å². The lowest BCUT2D eigenvalue weighted by atomic mass is 9.80. The summed E-state index contributed by atoms with van der Waals surface area (Å²) in [7, 11) is 0. The monoisotopic (exact) mass is 258 g/mol. The van der Waals surface area contributed by atoms with Crippen LogP contribution in [-0.2, 0) is 6.61 Å². The highest BCUT2D eigenvalue weighted by atomic mass is 16.3. The summed E-state index contributed by atoms with van der Waals surface area (Å²) in [6.45, 7) is 0.434. The summed E-state index contributed by atoms with van der Waals surface area (Å²) in [5.74, 6) is 0.668. The summed E-state index contributed by atoms with van der Waals surface area (Å²) in [4.78, 5) is 4.53. The zero-order chi connectivity index (χ0) is 13.3. The molecule has 0 spiro atoms. The van der Waals surface area contributed by atoms with E-state index in [0.717, 1.165) is 35.7 Å². The molecular weight excluding hydrogens is 240 g/mol. The minimum absolute atomic E-state index is 0.0569. The van der Waals surface area contributed by atoms with E-state index in [0.29, 0.717) is 12.4 Å². The first-order valence-corrected chi connectivity index (χ1v) is 6.66. The maximum Gasteiger partial charge on any atom is 0.132 e. The van der Waals surface area contributed by atoms with Crippen LogP contribution in [0.5, 0.6) is 0 Å². The molecule has 1 aromatic heterocycles. The number of nitrogens with zero attached hydrogens (tertiary/aromatic N) is 1. The molecule has 1 fully saturated rings. The molecule has 0 aliphatic heterocycles. The molecule has 4 heteroatoms. The van der Waals surface area contributed by atoms with Crippen molar-refractivity contribution in [2.75, 3.05) is 11.9 Å². The first-order chi connectivity index (χ1) is 9.20. The van der Waals surface area contributed by atoms with Gasteiger partial charge < -0.3 is 15.5 Å². The SMILES string of the molecule is OCc1cc2ccccc2nc1NCC1(O)CCC1. The van der Waals surface area contributed by atoms with Crippen LogP contribution in [0.2, 0.25) is 0 Å². The highest BCUT2D eigenvalue weighted by Gasteiger charge is 2.34. The van der Waals surface area contributed by atoms with Crippen molar-refractivity contribution in [1.82, 2.24) is 4.98 Å². The quantitative estimate of drug-likeness (QED) is 0.785. The van der Waals surface area contributed by atoms with Crippen molar-refractivity contribution >= 4 is 16.7 Å². The van der Waals surface area contributed by atoms with Crippen LogP contribution in [0.15, 0.2) is 30.3 Å². The number of aliphatic hydroxyl groups excluding tert-OH is 1. The van der Waals surface area contributed by atoms with Crippen LogP contribution in [0, 0.1) is 0 Å². The molecule has 0 bridgehead atoms. The molecule has 1 saturated carbocycles. The third-order valence-corrected chi connectivity index (χ3v) is 3.84. The highest BCUT2D eigenvalue weighted by Crippen LogP contribution is 2.32. The van der Waals surface area contributed by atoms with E-state index in [1.807, 2.05) is 30.3 Å². The van der Waals surface area contributed by atoms with Gasteiger partial charge in [-0.1, -0.05) is 18.2 Å². The molecule has 0 radical (unpaired) electrons. The molecule has 3 rings (SSSR count). The normalized spacial score (nSPS) is 17.2. The number of nitrogens with one attached hydrogen (secondary N) is 1. The van der Waals surface area contributed by atoms with Gasteiger partial charge in [-0.3, -0.25) is 0 Å². The van der Waals surface area contributed by atoms with Crippen LogP contribution >= 0.6 is 0 Å². The minimum atomic E-state index is -0.597. The average molecular weight is 258 g/mol. The summed E-state index contributed by atoms with van der Waals surface area (Å²) in [5, 5.41) is 23.7. The fraction of sp³-hybridized carbons (Fsp3) is 0.400. The van der Waals surface area contributed by atoms with Gasteiger partial charge in [0.2, 0.25) is 0 Å². The number of benzene rings is 1.